The molecule has 0 radical (unpaired) electrons. The molecule has 0 aromatic rings. The number of allylic oxidation sites excluding steroid dienone is 5. The Morgan fingerprint density at radius 1 is 1.52 bits per heavy atom. The fourth-order valence-corrected chi connectivity index (χ4v) is 2.78. The van der Waals surface area contributed by atoms with Crippen LogP contribution in [0.25, 0.3) is 0 Å². The molecule has 0 bridgehead atoms. The normalized spacial score (nSPS) is 33.0. The Hall–Kier alpha value is -1.65. The molecule has 2 aliphatic rings. The highest BCUT2D eigenvalue weighted by Gasteiger charge is 2.47. The number of carbonyl (C=O) groups is 1. The second-order valence-corrected chi connectivity index (χ2v) is 6.69. The van der Waals surface area contributed by atoms with E-state index in [1.54, 1.807) is 6.08 Å². The van der Waals surface area contributed by atoms with E-state index < -0.39 is 17.5 Å². The quantitative estimate of drug-likeness (QED) is 0.782. The monoisotopic (exact) mass is 318 g/mol. The maximum absolute atomic E-state index is 11.9. The highest BCUT2D eigenvalue weighted by molar-refractivity contribution is 5.99. The second-order valence-electron chi connectivity index (χ2n) is 6.69. The van der Waals surface area contributed by atoms with Crippen LogP contribution in [0, 0.1) is 11.8 Å². The molecule has 1 aliphatic heterocycles. The maximum Gasteiger partial charge on any atom is 0.189 e. The van der Waals surface area contributed by atoms with Crippen molar-refractivity contribution in [3.8, 4) is 0 Å². The third kappa shape index (κ3) is 3.82. The molecule has 1 aliphatic carbocycles. The number of aliphatic hydroxyl groups excluding tert-OH is 1. The summed E-state index contributed by atoms with van der Waals surface area (Å²) in [6.45, 7) is 7.96. The standard InChI is InChI=1S/C19H26O4/c1-5-12(2)8-13(3)6-7-15-9-14-10-17(20)19(4,22)18(21)16(14)11-23-15/h6-10,12,16,18,21-22H,5,11H2,1-4H3/b7-6+,13-8+/t12-,16+,18+,19-/m0/s1. The van der Waals surface area contributed by atoms with Gasteiger partial charge in [-0.2, -0.15) is 0 Å². The number of ketones is 1. The third-order valence-corrected chi connectivity index (χ3v) is 4.62. The summed E-state index contributed by atoms with van der Waals surface area (Å²) in [4.78, 5) is 11.9. The van der Waals surface area contributed by atoms with Crippen LogP contribution in [-0.4, -0.2) is 34.3 Å². The van der Waals surface area contributed by atoms with Crippen LogP contribution >= 0.6 is 0 Å². The van der Waals surface area contributed by atoms with Crippen LogP contribution in [0.4, 0.5) is 0 Å². The molecule has 2 N–H and O–H groups in total. The molecule has 4 atom stereocenters. The van der Waals surface area contributed by atoms with Crippen LogP contribution in [-0.2, 0) is 9.53 Å². The fourth-order valence-electron chi connectivity index (χ4n) is 2.78. The Kier molecular flexibility index (Phi) is 5.27. The molecule has 0 spiro atoms. The van der Waals surface area contributed by atoms with Crippen LogP contribution in [0.15, 0.2) is 47.3 Å². The first-order valence-corrected chi connectivity index (χ1v) is 8.13. The lowest BCUT2D eigenvalue weighted by atomic mass is 9.75. The van der Waals surface area contributed by atoms with E-state index >= 15 is 0 Å². The lowest BCUT2D eigenvalue weighted by Gasteiger charge is -2.39. The summed E-state index contributed by atoms with van der Waals surface area (Å²) in [7, 11) is 0. The van der Waals surface area contributed by atoms with Crippen molar-refractivity contribution >= 4 is 5.78 Å². The van der Waals surface area contributed by atoms with Gasteiger partial charge in [0.05, 0.1) is 12.7 Å². The van der Waals surface area contributed by atoms with Crippen molar-refractivity contribution in [2.75, 3.05) is 6.61 Å². The predicted octanol–water partition coefficient (Wildman–Crippen LogP) is 2.69. The number of aliphatic hydroxyl groups is 2. The van der Waals surface area contributed by atoms with E-state index in [1.165, 1.54) is 13.0 Å². The van der Waals surface area contributed by atoms with Crippen molar-refractivity contribution in [2.45, 2.75) is 45.8 Å². The van der Waals surface area contributed by atoms with E-state index in [-0.39, 0.29) is 12.5 Å². The number of carbonyl (C=O) groups excluding carboxylic acids is 1. The summed E-state index contributed by atoms with van der Waals surface area (Å²) < 4.78 is 5.65. The molecule has 2 rings (SSSR count). The van der Waals surface area contributed by atoms with Gasteiger partial charge in [-0.15, -0.1) is 0 Å². The van der Waals surface area contributed by atoms with Crippen LogP contribution in [0.3, 0.4) is 0 Å². The van der Waals surface area contributed by atoms with Crippen LogP contribution in [0.5, 0.6) is 0 Å². The van der Waals surface area contributed by atoms with Crippen molar-refractivity contribution in [3.63, 3.8) is 0 Å². The van der Waals surface area contributed by atoms with Crippen molar-refractivity contribution in [1.82, 2.24) is 0 Å². The van der Waals surface area contributed by atoms with Gasteiger partial charge in [0.2, 0.25) is 0 Å². The minimum Gasteiger partial charge on any atom is -0.493 e. The van der Waals surface area contributed by atoms with Gasteiger partial charge in [-0.05, 0) is 43.6 Å². The van der Waals surface area contributed by atoms with Crippen LogP contribution in [0.2, 0.25) is 0 Å². The molecule has 23 heavy (non-hydrogen) atoms. The SMILES string of the molecule is CC[C@H](C)/C=C(C)/C=C/C1=CC2=CC(=O)[C@](C)(O)[C@H](O)[C@@H]2CO1. The van der Waals surface area contributed by atoms with Gasteiger partial charge in [0.25, 0.3) is 0 Å². The molecule has 0 aromatic carbocycles. The lowest BCUT2D eigenvalue weighted by Crippen LogP contribution is -2.54. The number of hydrogen-bond donors (Lipinski definition) is 2. The van der Waals surface area contributed by atoms with Crippen molar-refractivity contribution in [2.24, 2.45) is 11.8 Å². The summed E-state index contributed by atoms with van der Waals surface area (Å²) in [5.41, 5.74) is 0.125. The third-order valence-electron chi connectivity index (χ3n) is 4.62. The van der Waals surface area contributed by atoms with Gasteiger partial charge in [0, 0.05) is 5.92 Å². The molecular formula is C19H26O4. The lowest BCUT2D eigenvalue weighted by molar-refractivity contribution is -0.150. The van der Waals surface area contributed by atoms with E-state index in [2.05, 4.69) is 19.9 Å². The highest BCUT2D eigenvalue weighted by atomic mass is 16.5. The molecule has 0 fully saturated rings. The van der Waals surface area contributed by atoms with E-state index in [1.807, 2.05) is 19.1 Å². The Morgan fingerprint density at radius 3 is 2.87 bits per heavy atom. The average molecular weight is 318 g/mol. The van der Waals surface area contributed by atoms with Crippen LogP contribution in [0.1, 0.15) is 34.1 Å². The highest BCUT2D eigenvalue weighted by Crippen LogP contribution is 2.35. The minimum absolute atomic E-state index is 0.251. The largest absolute Gasteiger partial charge is 0.493 e. The van der Waals surface area contributed by atoms with E-state index in [4.69, 9.17) is 4.74 Å². The minimum atomic E-state index is -1.74. The first kappa shape index (κ1) is 17.7. The molecule has 0 saturated heterocycles. The first-order chi connectivity index (χ1) is 10.8. The molecule has 0 aromatic heterocycles. The number of rotatable bonds is 4. The van der Waals surface area contributed by atoms with Crippen molar-refractivity contribution < 1.29 is 19.7 Å². The molecule has 126 valence electrons. The summed E-state index contributed by atoms with van der Waals surface area (Å²) in [6.07, 6.45) is 9.17. The molecule has 0 unspecified atom stereocenters. The molecule has 4 nitrogen and oxygen atoms in total. The maximum atomic E-state index is 11.9. The zero-order valence-electron chi connectivity index (χ0n) is 14.2. The summed E-state index contributed by atoms with van der Waals surface area (Å²) >= 11 is 0. The van der Waals surface area contributed by atoms with Gasteiger partial charge in [-0.1, -0.05) is 38.0 Å². The Balaban J connectivity index is 2.18. The van der Waals surface area contributed by atoms with Gasteiger partial charge in [-0.3, -0.25) is 4.79 Å². The molecule has 4 heteroatoms. The zero-order chi connectivity index (χ0) is 17.2. The number of fused-ring (bicyclic) bond motifs is 1. The van der Waals surface area contributed by atoms with E-state index in [0.717, 1.165) is 12.0 Å². The van der Waals surface area contributed by atoms with Gasteiger partial charge < -0.3 is 14.9 Å². The summed E-state index contributed by atoms with van der Waals surface area (Å²) in [5, 5.41) is 20.2. The van der Waals surface area contributed by atoms with Crippen LogP contribution < -0.4 is 0 Å². The average Bonchev–Trinajstić information content (AvgIpc) is 2.51. The van der Waals surface area contributed by atoms with E-state index in [0.29, 0.717) is 17.3 Å². The summed E-state index contributed by atoms with van der Waals surface area (Å²) in [5.74, 6) is 0.342. The Labute approximate surface area is 137 Å². The van der Waals surface area contributed by atoms with Crippen molar-refractivity contribution in [3.05, 3.63) is 47.3 Å². The first-order valence-electron chi connectivity index (χ1n) is 8.13. The van der Waals surface area contributed by atoms with Gasteiger partial charge >= 0.3 is 0 Å². The second kappa shape index (κ2) is 6.85. The van der Waals surface area contributed by atoms with Gasteiger partial charge in [0.1, 0.15) is 5.76 Å². The zero-order valence-corrected chi connectivity index (χ0v) is 14.2. The number of hydrogen-bond acceptors (Lipinski definition) is 4. The predicted molar refractivity (Wildman–Crippen MR) is 89.6 cm³/mol. The van der Waals surface area contributed by atoms with Gasteiger partial charge in [-0.25, -0.2) is 0 Å². The Morgan fingerprint density at radius 2 is 2.22 bits per heavy atom. The molecule has 0 saturated carbocycles. The molecule has 1 heterocycles. The molecular weight excluding hydrogens is 292 g/mol. The van der Waals surface area contributed by atoms with E-state index in [9.17, 15) is 15.0 Å². The van der Waals surface area contributed by atoms with Crippen molar-refractivity contribution in [1.29, 1.82) is 0 Å². The Bertz CT molecular complexity index is 592. The smallest absolute Gasteiger partial charge is 0.189 e. The fraction of sp³-hybridized carbons (Fsp3) is 0.526. The topological polar surface area (TPSA) is 66.8 Å². The molecule has 0 amide bonds. The van der Waals surface area contributed by atoms with Gasteiger partial charge in [0.15, 0.2) is 11.4 Å². The number of ether oxygens (including phenoxy) is 1. The summed E-state index contributed by atoms with van der Waals surface area (Å²) in [6, 6.07) is 0.